The van der Waals surface area contributed by atoms with Gasteiger partial charge in [-0.25, -0.2) is 0 Å². The number of hydrogen-bond acceptors (Lipinski definition) is 3. The van der Waals surface area contributed by atoms with Gasteiger partial charge in [0.2, 0.25) is 5.91 Å². The molecule has 2 unspecified atom stereocenters. The molecule has 1 fully saturated rings. The fraction of sp³-hybridized carbons (Fsp3) is 0.562. The minimum absolute atomic E-state index is 0.0802. The van der Waals surface area contributed by atoms with E-state index in [0.717, 1.165) is 24.8 Å². The first-order valence-electron chi connectivity index (χ1n) is 7.35. The van der Waals surface area contributed by atoms with Crippen LogP contribution >= 0.6 is 0 Å². The van der Waals surface area contributed by atoms with E-state index >= 15 is 0 Å². The molecule has 0 spiro atoms. The molecule has 1 saturated heterocycles. The SMILES string of the molecule is CCCC(=O)NCC1CCC(OCc2ccccc2)O1. The molecule has 1 aliphatic heterocycles. The van der Waals surface area contributed by atoms with Crippen LogP contribution in [-0.2, 0) is 20.9 Å². The molecule has 0 saturated carbocycles. The van der Waals surface area contributed by atoms with Crippen LogP contribution in [0.1, 0.15) is 38.2 Å². The Morgan fingerprint density at radius 2 is 2.15 bits per heavy atom. The molecule has 0 bridgehead atoms. The largest absolute Gasteiger partial charge is 0.353 e. The molecule has 20 heavy (non-hydrogen) atoms. The molecule has 1 aromatic rings. The van der Waals surface area contributed by atoms with Gasteiger partial charge in [-0.2, -0.15) is 0 Å². The van der Waals surface area contributed by atoms with Crippen molar-refractivity contribution in [2.24, 2.45) is 0 Å². The zero-order valence-electron chi connectivity index (χ0n) is 12.0. The average molecular weight is 277 g/mol. The lowest BCUT2D eigenvalue weighted by molar-refractivity contribution is -0.141. The molecule has 1 aliphatic rings. The molecule has 1 N–H and O–H groups in total. The van der Waals surface area contributed by atoms with Crippen molar-refractivity contribution in [1.82, 2.24) is 5.32 Å². The summed E-state index contributed by atoms with van der Waals surface area (Å²) in [6, 6.07) is 10.1. The van der Waals surface area contributed by atoms with Crippen LogP contribution in [-0.4, -0.2) is 24.8 Å². The van der Waals surface area contributed by atoms with E-state index in [1.165, 1.54) is 0 Å². The first-order valence-corrected chi connectivity index (χ1v) is 7.35. The molecule has 4 heteroatoms. The lowest BCUT2D eigenvalue weighted by atomic mass is 10.2. The van der Waals surface area contributed by atoms with E-state index in [9.17, 15) is 4.79 Å². The fourth-order valence-corrected chi connectivity index (χ4v) is 2.25. The highest BCUT2D eigenvalue weighted by molar-refractivity contribution is 5.75. The maximum Gasteiger partial charge on any atom is 0.220 e. The Bertz CT molecular complexity index is 407. The number of amides is 1. The number of ether oxygens (including phenoxy) is 2. The summed E-state index contributed by atoms with van der Waals surface area (Å²) in [5.41, 5.74) is 1.15. The highest BCUT2D eigenvalue weighted by Crippen LogP contribution is 2.21. The molecule has 110 valence electrons. The Morgan fingerprint density at radius 1 is 1.35 bits per heavy atom. The number of hydrogen-bond donors (Lipinski definition) is 1. The quantitative estimate of drug-likeness (QED) is 0.833. The molecule has 1 heterocycles. The predicted molar refractivity (Wildman–Crippen MR) is 77.0 cm³/mol. The molecule has 1 amide bonds. The van der Waals surface area contributed by atoms with E-state index in [-0.39, 0.29) is 18.3 Å². The van der Waals surface area contributed by atoms with E-state index in [1.807, 2.05) is 37.3 Å². The lowest BCUT2D eigenvalue weighted by Gasteiger charge is -2.15. The summed E-state index contributed by atoms with van der Waals surface area (Å²) in [7, 11) is 0. The normalized spacial score (nSPS) is 21.9. The molecule has 2 rings (SSSR count). The van der Waals surface area contributed by atoms with Gasteiger partial charge in [0.1, 0.15) is 0 Å². The predicted octanol–water partition coefficient (Wildman–Crippen LogP) is 2.62. The summed E-state index contributed by atoms with van der Waals surface area (Å²) in [5.74, 6) is 0.102. The first kappa shape index (κ1) is 15.0. The van der Waals surface area contributed by atoms with Gasteiger partial charge in [0.15, 0.2) is 6.29 Å². The smallest absolute Gasteiger partial charge is 0.220 e. The second-order valence-electron chi connectivity index (χ2n) is 5.12. The zero-order valence-corrected chi connectivity index (χ0v) is 12.0. The van der Waals surface area contributed by atoms with Crippen LogP contribution < -0.4 is 5.32 Å². The second-order valence-corrected chi connectivity index (χ2v) is 5.12. The van der Waals surface area contributed by atoms with Crippen molar-refractivity contribution in [2.45, 2.75) is 51.6 Å². The van der Waals surface area contributed by atoms with Crippen LogP contribution in [0.3, 0.4) is 0 Å². The Balaban J connectivity index is 1.64. The summed E-state index contributed by atoms with van der Waals surface area (Å²) in [4.78, 5) is 11.4. The Kier molecular flexibility index (Phi) is 6.02. The summed E-state index contributed by atoms with van der Waals surface area (Å²) >= 11 is 0. The van der Waals surface area contributed by atoms with Crippen LogP contribution in [0.5, 0.6) is 0 Å². The second kappa shape index (κ2) is 8.02. The Morgan fingerprint density at radius 3 is 2.90 bits per heavy atom. The van der Waals surface area contributed by atoms with Gasteiger partial charge in [0, 0.05) is 19.4 Å². The minimum atomic E-state index is -0.150. The summed E-state index contributed by atoms with van der Waals surface area (Å²) < 4.78 is 11.5. The third-order valence-corrected chi connectivity index (χ3v) is 3.35. The van der Waals surface area contributed by atoms with Gasteiger partial charge in [0.25, 0.3) is 0 Å². The number of carbonyl (C=O) groups excluding carboxylic acids is 1. The zero-order chi connectivity index (χ0) is 14.2. The first-order chi connectivity index (χ1) is 9.78. The average Bonchev–Trinajstić information content (AvgIpc) is 2.92. The molecular formula is C16H23NO3. The van der Waals surface area contributed by atoms with Crippen molar-refractivity contribution < 1.29 is 14.3 Å². The molecule has 0 aromatic heterocycles. The lowest BCUT2D eigenvalue weighted by Crippen LogP contribution is -2.32. The fourth-order valence-electron chi connectivity index (χ4n) is 2.25. The third-order valence-electron chi connectivity index (χ3n) is 3.35. The van der Waals surface area contributed by atoms with E-state index in [2.05, 4.69) is 5.32 Å². The number of benzene rings is 1. The van der Waals surface area contributed by atoms with E-state index in [4.69, 9.17) is 9.47 Å². The standard InChI is InChI=1S/C16H23NO3/c1-2-6-15(18)17-11-14-9-10-16(20-14)19-12-13-7-4-3-5-8-13/h3-5,7-8,14,16H,2,6,9-12H2,1H3,(H,17,18). The van der Waals surface area contributed by atoms with Crippen LogP contribution in [0, 0.1) is 0 Å². The Labute approximate surface area is 120 Å². The van der Waals surface area contributed by atoms with Gasteiger partial charge in [-0.05, 0) is 18.4 Å². The van der Waals surface area contributed by atoms with Crippen LogP contribution in [0.15, 0.2) is 30.3 Å². The van der Waals surface area contributed by atoms with Crippen LogP contribution in [0.2, 0.25) is 0 Å². The molecular weight excluding hydrogens is 254 g/mol. The van der Waals surface area contributed by atoms with Gasteiger partial charge in [-0.15, -0.1) is 0 Å². The van der Waals surface area contributed by atoms with E-state index in [1.54, 1.807) is 0 Å². The molecule has 0 radical (unpaired) electrons. The highest BCUT2D eigenvalue weighted by atomic mass is 16.7. The van der Waals surface area contributed by atoms with Crippen molar-refractivity contribution in [2.75, 3.05) is 6.54 Å². The van der Waals surface area contributed by atoms with Crippen LogP contribution in [0.25, 0.3) is 0 Å². The molecule has 1 aromatic carbocycles. The topological polar surface area (TPSA) is 47.6 Å². The maximum atomic E-state index is 11.4. The monoisotopic (exact) mass is 277 g/mol. The van der Waals surface area contributed by atoms with Gasteiger partial charge in [0.05, 0.1) is 12.7 Å². The maximum absolute atomic E-state index is 11.4. The van der Waals surface area contributed by atoms with Crippen molar-refractivity contribution in [3.8, 4) is 0 Å². The van der Waals surface area contributed by atoms with E-state index in [0.29, 0.717) is 19.6 Å². The summed E-state index contributed by atoms with van der Waals surface area (Å²) in [5, 5.41) is 2.90. The molecule has 0 aliphatic carbocycles. The van der Waals surface area contributed by atoms with Gasteiger partial charge in [-0.1, -0.05) is 37.3 Å². The molecule has 2 atom stereocenters. The van der Waals surface area contributed by atoms with Crippen molar-refractivity contribution in [3.63, 3.8) is 0 Å². The van der Waals surface area contributed by atoms with E-state index < -0.39 is 0 Å². The minimum Gasteiger partial charge on any atom is -0.353 e. The third kappa shape index (κ3) is 4.94. The van der Waals surface area contributed by atoms with Crippen molar-refractivity contribution >= 4 is 5.91 Å². The highest BCUT2D eigenvalue weighted by Gasteiger charge is 2.25. The summed E-state index contributed by atoms with van der Waals surface area (Å²) in [6.45, 7) is 3.16. The van der Waals surface area contributed by atoms with Crippen LogP contribution in [0.4, 0.5) is 0 Å². The number of carbonyl (C=O) groups is 1. The van der Waals surface area contributed by atoms with Crippen molar-refractivity contribution in [3.05, 3.63) is 35.9 Å². The van der Waals surface area contributed by atoms with Gasteiger partial charge < -0.3 is 14.8 Å². The number of rotatable bonds is 7. The summed E-state index contributed by atoms with van der Waals surface area (Å²) in [6.07, 6.45) is 3.22. The number of nitrogens with one attached hydrogen (secondary N) is 1. The van der Waals surface area contributed by atoms with Gasteiger partial charge >= 0.3 is 0 Å². The van der Waals surface area contributed by atoms with Crippen molar-refractivity contribution in [1.29, 1.82) is 0 Å². The Hall–Kier alpha value is -1.39. The molecule has 4 nitrogen and oxygen atoms in total. The van der Waals surface area contributed by atoms with Gasteiger partial charge in [-0.3, -0.25) is 4.79 Å².